The molecule has 0 bridgehead atoms. The molecule has 2 aromatic carbocycles. The lowest BCUT2D eigenvalue weighted by atomic mass is 9.84. The van der Waals surface area contributed by atoms with Crippen LogP contribution in [0.5, 0.6) is 5.75 Å². The summed E-state index contributed by atoms with van der Waals surface area (Å²) >= 11 is 0. The molecule has 22 heavy (non-hydrogen) atoms. The van der Waals surface area contributed by atoms with Gasteiger partial charge < -0.3 is 4.74 Å². The van der Waals surface area contributed by atoms with Crippen molar-refractivity contribution in [1.29, 1.82) is 0 Å². The number of para-hydroxylation sites is 1. The molecule has 0 aromatic heterocycles. The van der Waals surface area contributed by atoms with Gasteiger partial charge in [-0.25, -0.2) is 4.79 Å². The summed E-state index contributed by atoms with van der Waals surface area (Å²) in [6.07, 6.45) is 0.216. The highest BCUT2D eigenvalue weighted by molar-refractivity contribution is 6.00. The molecule has 1 heterocycles. The third-order valence-electron chi connectivity index (χ3n) is 3.94. The molecule has 3 rings (SSSR count). The molecule has 0 aliphatic carbocycles. The first-order valence-electron chi connectivity index (χ1n) is 7.16. The van der Waals surface area contributed by atoms with Crippen molar-refractivity contribution in [2.24, 2.45) is 0 Å². The number of fused-ring (bicyclic) bond motifs is 1. The minimum absolute atomic E-state index is 0.00402. The van der Waals surface area contributed by atoms with Gasteiger partial charge in [-0.2, -0.15) is 0 Å². The van der Waals surface area contributed by atoms with E-state index < -0.39 is 5.97 Å². The molecule has 1 atom stereocenters. The molecule has 1 aliphatic rings. The van der Waals surface area contributed by atoms with Crippen LogP contribution in [-0.4, -0.2) is 11.8 Å². The van der Waals surface area contributed by atoms with E-state index in [2.05, 4.69) is 6.58 Å². The molecule has 3 nitrogen and oxygen atoms in total. The van der Waals surface area contributed by atoms with Crippen LogP contribution in [-0.2, 0) is 4.79 Å². The smallest absolute Gasteiger partial charge is 0.339 e. The van der Waals surface area contributed by atoms with E-state index in [1.807, 2.05) is 43.3 Å². The number of carbonyl (C=O) groups excluding carboxylic acids is 2. The second kappa shape index (κ2) is 5.60. The van der Waals surface area contributed by atoms with Gasteiger partial charge in [0.1, 0.15) is 5.75 Å². The van der Waals surface area contributed by atoms with E-state index in [0.29, 0.717) is 16.9 Å². The topological polar surface area (TPSA) is 43.4 Å². The van der Waals surface area contributed by atoms with Gasteiger partial charge in [-0.15, -0.1) is 0 Å². The molecule has 2 aromatic rings. The summed E-state index contributed by atoms with van der Waals surface area (Å²) in [4.78, 5) is 24.4. The van der Waals surface area contributed by atoms with E-state index in [0.717, 1.165) is 11.1 Å². The molecular weight excluding hydrogens is 276 g/mol. The summed E-state index contributed by atoms with van der Waals surface area (Å²) in [6.45, 7) is 5.79. The number of ether oxygens (including phenoxy) is 1. The number of ketones is 1. The molecular formula is C19H16O3. The van der Waals surface area contributed by atoms with Crippen LogP contribution in [0.15, 0.2) is 60.7 Å². The highest BCUT2D eigenvalue weighted by Gasteiger charge is 2.32. The van der Waals surface area contributed by atoms with Crippen LogP contribution in [0.2, 0.25) is 0 Å². The van der Waals surface area contributed by atoms with E-state index in [9.17, 15) is 9.59 Å². The van der Waals surface area contributed by atoms with E-state index in [1.54, 1.807) is 12.1 Å². The van der Waals surface area contributed by atoms with Gasteiger partial charge in [0.05, 0.1) is 0 Å². The summed E-state index contributed by atoms with van der Waals surface area (Å²) in [6, 6.07) is 14.7. The van der Waals surface area contributed by atoms with Crippen molar-refractivity contribution in [3.05, 3.63) is 77.4 Å². The van der Waals surface area contributed by atoms with Crippen LogP contribution in [0.4, 0.5) is 0 Å². The van der Waals surface area contributed by atoms with Gasteiger partial charge in [0.15, 0.2) is 5.78 Å². The zero-order valence-electron chi connectivity index (χ0n) is 12.3. The van der Waals surface area contributed by atoms with Crippen molar-refractivity contribution in [2.45, 2.75) is 19.3 Å². The van der Waals surface area contributed by atoms with E-state index in [-0.39, 0.29) is 18.1 Å². The summed E-state index contributed by atoms with van der Waals surface area (Å²) in [5.41, 5.74) is 2.93. The van der Waals surface area contributed by atoms with Crippen LogP contribution in [0, 0.1) is 6.92 Å². The van der Waals surface area contributed by atoms with Crippen LogP contribution >= 0.6 is 0 Å². The molecule has 0 unspecified atom stereocenters. The van der Waals surface area contributed by atoms with E-state index >= 15 is 0 Å². The highest BCUT2D eigenvalue weighted by atomic mass is 16.5. The summed E-state index contributed by atoms with van der Waals surface area (Å²) in [7, 11) is 0. The normalized spacial score (nSPS) is 16.9. The van der Waals surface area contributed by atoms with Crippen LogP contribution in [0.3, 0.4) is 0 Å². The number of esters is 1. The van der Waals surface area contributed by atoms with Crippen LogP contribution < -0.4 is 4.74 Å². The molecule has 0 radical (unpaired) electrons. The quantitative estimate of drug-likeness (QED) is 0.374. The Morgan fingerprint density at radius 3 is 2.55 bits per heavy atom. The van der Waals surface area contributed by atoms with Gasteiger partial charge in [-0.05, 0) is 13.0 Å². The Morgan fingerprint density at radius 1 is 1.14 bits per heavy atom. The number of hydrogen-bond acceptors (Lipinski definition) is 3. The maximum atomic E-state index is 12.5. The second-order valence-corrected chi connectivity index (χ2v) is 5.50. The Labute approximate surface area is 129 Å². The third kappa shape index (κ3) is 2.58. The number of aryl methyl sites for hydroxylation is 1. The Balaban J connectivity index is 1.90. The molecule has 0 saturated heterocycles. The number of Topliss-reactive ketones (excluding diaryl/α,β-unsaturated/α-hetero) is 1. The Bertz CT molecular complexity index is 757. The van der Waals surface area contributed by atoms with Crippen molar-refractivity contribution < 1.29 is 14.3 Å². The Hall–Kier alpha value is -2.68. The van der Waals surface area contributed by atoms with E-state index in [1.165, 1.54) is 0 Å². The van der Waals surface area contributed by atoms with Crippen LogP contribution in [0.25, 0.3) is 0 Å². The molecule has 1 aliphatic heterocycles. The largest absolute Gasteiger partial charge is 0.423 e. The summed E-state index contributed by atoms with van der Waals surface area (Å²) in [5, 5.41) is 0. The Kier molecular flexibility index (Phi) is 3.63. The number of hydrogen-bond donors (Lipinski definition) is 0. The zero-order valence-corrected chi connectivity index (χ0v) is 12.3. The average Bonchev–Trinajstić information content (AvgIpc) is 2.52. The molecule has 110 valence electrons. The van der Waals surface area contributed by atoms with Gasteiger partial charge >= 0.3 is 5.97 Å². The second-order valence-electron chi connectivity index (χ2n) is 5.50. The standard InChI is InChI=1S/C19H16O3/c1-12-7-9-14(10-8-12)17(20)11-16-13(2)19(21)22-18-6-4-3-5-15(16)18/h3-10,16H,2,11H2,1H3/t16-/m1/s1. The predicted octanol–water partition coefficient (Wildman–Crippen LogP) is 3.83. The molecule has 0 N–H and O–H groups in total. The monoisotopic (exact) mass is 292 g/mol. The average molecular weight is 292 g/mol. The highest BCUT2D eigenvalue weighted by Crippen LogP contribution is 2.39. The first-order valence-corrected chi connectivity index (χ1v) is 7.16. The molecule has 0 fully saturated rings. The zero-order chi connectivity index (χ0) is 15.7. The summed E-state index contributed by atoms with van der Waals surface area (Å²) < 4.78 is 5.23. The lowest BCUT2D eigenvalue weighted by Gasteiger charge is -2.25. The van der Waals surface area contributed by atoms with E-state index in [4.69, 9.17) is 4.74 Å². The first kappa shape index (κ1) is 14.3. The maximum absolute atomic E-state index is 12.5. The van der Waals surface area contributed by atoms with Crippen molar-refractivity contribution in [1.82, 2.24) is 0 Å². The molecule has 0 saturated carbocycles. The fourth-order valence-corrected chi connectivity index (χ4v) is 2.63. The number of carbonyl (C=O) groups is 2. The van der Waals surface area contributed by atoms with Crippen molar-refractivity contribution in [3.63, 3.8) is 0 Å². The van der Waals surface area contributed by atoms with Gasteiger partial charge in [-0.3, -0.25) is 4.79 Å². The van der Waals surface area contributed by atoms with Crippen molar-refractivity contribution >= 4 is 11.8 Å². The lowest BCUT2D eigenvalue weighted by Crippen LogP contribution is -2.24. The van der Waals surface area contributed by atoms with Gasteiger partial charge in [0.25, 0.3) is 0 Å². The van der Waals surface area contributed by atoms with Crippen molar-refractivity contribution in [3.8, 4) is 5.75 Å². The fraction of sp³-hybridized carbons (Fsp3) is 0.158. The van der Waals surface area contributed by atoms with Gasteiger partial charge in [0.2, 0.25) is 0 Å². The molecule has 0 spiro atoms. The SMILES string of the molecule is C=C1C(=O)Oc2ccccc2[C@@H]1CC(=O)c1ccc(C)cc1. The minimum atomic E-state index is -0.458. The minimum Gasteiger partial charge on any atom is -0.423 e. The van der Waals surface area contributed by atoms with Crippen molar-refractivity contribution in [2.75, 3.05) is 0 Å². The van der Waals surface area contributed by atoms with Gasteiger partial charge in [0, 0.05) is 29.0 Å². The molecule has 0 amide bonds. The first-order chi connectivity index (χ1) is 10.6. The fourth-order valence-electron chi connectivity index (χ4n) is 2.63. The molecule has 3 heteroatoms. The van der Waals surface area contributed by atoms with Crippen LogP contribution in [0.1, 0.15) is 33.8 Å². The number of benzene rings is 2. The number of rotatable bonds is 3. The Morgan fingerprint density at radius 2 is 1.82 bits per heavy atom. The summed E-state index contributed by atoms with van der Waals surface area (Å²) in [5.74, 6) is -0.274. The maximum Gasteiger partial charge on any atom is 0.339 e. The lowest BCUT2D eigenvalue weighted by molar-refractivity contribution is -0.131. The van der Waals surface area contributed by atoms with Gasteiger partial charge in [-0.1, -0.05) is 54.6 Å². The third-order valence-corrected chi connectivity index (χ3v) is 3.94. The predicted molar refractivity (Wildman–Crippen MR) is 84.1 cm³/mol.